The number of aliphatic carboxylic acids is 1. The fourth-order valence-corrected chi connectivity index (χ4v) is 2.17. The maximum absolute atomic E-state index is 10.4. The summed E-state index contributed by atoms with van der Waals surface area (Å²) >= 11 is 7.16. The first-order valence-corrected chi connectivity index (χ1v) is 5.76. The summed E-state index contributed by atoms with van der Waals surface area (Å²) in [6, 6.07) is 3.59. The first-order valence-electron chi connectivity index (χ1n) is 4.57. The molecule has 6 heteroatoms. The van der Waals surface area contributed by atoms with E-state index < -0.39 is 5.97 Å². The van der Waals surface area contributed by atoms with Crippen LogP contribution >= 0.6 is 22.9 Å². The van der Waals surface area contributed by atoms with E-state index in [1.807, 2.05) is 6.07 Å². The monoisotopic (exact) mass is 257 g/mol. The third-order valence-electron chi connectivity index (χ3n) is 1.93. The van der Waals surface area contributed by atoms with E-state index in [1.165, 1.54) is 17.6 Å². The van der Waals surface area contributed by atoms with Crippen LogP contribution in [0.4, 0.5) is 0 Å². The molecule has 0 aliphatic carbocycles. The minimum atomic E-state index is -0.844. The van der Waals surface area contributed by atoms with Gasteiger partial charge in [0, 0.05) is 6.42 Å². The zero-order valence-electron chi connectivity index (χ0n) is 8.14. The Bertz CT molecular complexity index is 506. The van der Waals surface area contributed by atoms with Gasteiger partial charge in [-0.25, -0.2) is 4.98 Å². The first-order chi connectivity index (χ1) is 7.65. The Balaban J connectivity index is 2.10. The number of aromatic nitrogens is 1. The molecule has 0 bridgehead atoms. The molecule has 0 unspecified atom stereocenters. The summed E-state index contributed by atoms with van der Waals surface area (Å²) in [4.78, 5) is 15.4. The largest absolute Gasteiger partial charge is 0.481 e. The smallest absolute Gasteiger partial charge is 0.303 e. The standard InChI is InChI=1S/C10H8ClNO3S/c11-8-3-2-7(16-8)10-12-6(5-15-10)1-4-9(13)14/h2-3,5H,1,4H2,(H,13,14). The summed E-state index contributed by atoms with van der Waals surface area (Å²) in [7, 11) is 0. The highest BCUT2D eigenvalue weighted by Gasteiger charge is 2.09. The van der Waals surface area contributed by atoms with Crippen LogP contribution in [-0.4, -0.2) is 16.1 Å². The summed E-state index contributed by atoms with van der Waals surface area (Å²) < 4.78 is 5.91. The number of carboxylic acid groups (broad SMARTS) is 1. The van der Waals surface area contributed by atoms with Crippen molar-refractivity contribution in [2.45, 2.75) is 12.8 Å². The van der Waals surface area contributed by atoms with E-state index in [-0.39, 0.29) is 6.42 Å². The van der Waals surface area contributed by atoms with Crippen LogP contribution in [0.2, 0.25) is 4.34 Å². The predicted molar refractivity (Wildman–Crippen MR) is 60.8 cm³/mol. The van der Waals surface area contributed by atoms with Gasteiger partial charge in [-0.3, -0.25) is 4.79 Å². The number of hydrogen-bond donors (Lipinski definition) is 1. The molecular weight excluding hydrogens is 250 g/mol. The van der Waals surface area contributed by atoms with Crippen LogP contribution in [0.25, 0.3) is 10.8 Å². The summed E-state index contributed by atoms with van der Waals surface area (Å²) in [5.41, 5.74) is 0.641. The van der Waals surface area contributed by atoms with Gasteiger partial charge in [0.05, 0.1) is 21.3 Å². The van der Waals surface area contributed by atoms with Crippen molar-refractivity contribution in [2.75, 3.05) is 0 Å². The van der Waals surface area contributed by atoms with Crippen molar-refractivity contribution in [3.8, 4) is 10.8 Å². The van der Waals surface area contributed by atoms with Crippen LogP contribution in [0.5, 0.6) is 0 Å². The van der Waals surface area contributed by atoms with Gasteiger partial charge in [-0.15, -0.1) is 11.3 Å². The SMILES string of the molecule is O=C(O)CCc1coc(-c2ccc(Cl)s2)n1. The number of thiophene rings is 1. The van der Waals surface area contributed by atoms with Gasteiger partial charge in [-0.2, -0.15) is 0 Å². The van der Waals surface area contributed by atoms with E-state index in [0.717, 1.165) is 4.88 Å². The first kappa shape index (κ1) is 11.2. The van der Waals surface area contributed by atoms with Crippen molar-refractivity contribution < 1.29 is 14.3 Å². The molecule has 2 aromatic rings. The number of carboxylic acids is 1. The Labute approximate surface area is 100 Å². The molecule has 0 aromatic carbocycles. The average Bonchev–Trinajstić information content (AvgIpc) is 2.83. The molecule has 4 nitrogen and oxygen atoms in total. The second-order valence-corrected chi connectivity index (χ2v) is 4.86. The number of aryl methyl sites for hydroxylation is 1. The minimum absolute atomic E-state index is 0.0527. The summed E-state index contributed by atoms with van der Waals surface area (Å²) in [6.45, 7) is 0. The maximum Gasteiger partial charge on any atom is 0.303 e. The number of oxazole rings is 1. The van der Waals surface area contributed by atoms with Crippen LogP contribution in [0.3, 0.4) is 0 Å². The van der Waals surface area contributed by atoms with Gasteiger partial charge < -0.3 is 9.52 Å². The fraction of sp³-hybridized carbons (Fsp3) is 0.200. The highest BCUT2D eigenvalue weighted by atomic mass is 35.5. The van der Waals surface area contributed by atoms with Gasteiger partial charge in [0.25, 0.3) is 0 Å². The van der Waals surface area contributed by atoms with E-state index in [9.17, 15) is 4.79 Å². The van der Waals surface area contributed by atoms with Gasteiger partial charge in [0.2, 0.25) is 5.89 Å². The van der Waals surface area contributed by atoms with E-state index >= 15 is 0 Å². The second-order valence-electron chi connectivity index (χ2n) is 3.14. The van der Waals surface area contributed by atoms with E-state index in [2.05, 4.69) is 4.98 Å². The van der Waals surface area contributed by atoms with Crippen LogP contribution in [0.15, 0.2) is 22.8 Å². The number of halogens is 1. The molecule has 1 N–H and O–H groups in total. The van der Waals surface area contributed by atoms with Gasteiger partial charge in [0.15, 0.2) is 0 Å². The molecule has 16 heavy (non-hydrogen) atoms. The van der Waals surface area contributed by atoms with Gasteiger partial charge in [-0.1, -0.05) is 11.6 Å². The van der Waals surface area contributed by atoms with Crippen molar-refractivity contribution in [1.29, 1.82) is 0 Å². The average molecular weight is 258 g/mol. The van der Waals surface area contributed by atoms with Crippen LogP contribution in [0, 0.1) is 0 Å². The summed E-state index contributed by atoms with van der Waals surface area (Å²) in [5.74, 6) is -0.360. The van der Waals surface area contributed by atoms with Gasteiger partial charge in [0.1, 0.15) is 6.26 Å². The Morgan fingerprint density at radius 2 is 2.38 bits per heavy atom. The highest BCUT2D eigenvalue weighted by molar-refractivity contribution is 7.19. The third kappa shape index (κ3) is 2.62. The molecule has 0 fully saturated rings. The quantitative estimate of drug-likeness (QED) is 0.914. The Hall–Kier alpha value is -1.33. The topological polar surface area (TPSA) is 63.3 Å². The molecule has 0 saturated carbocycles. The van der Waals surface area contributed by atoms with Crippen LogP contribution in [0.1, 0.15) is 12.1 Å². The van der Waals surface area contributed by atoms with E-state index in [4.69, 9.17) is 21.1 Å². The number of carbonyl (C=O) groups is 1. The lowest BCUT2D eigenvalue weighted by molar-refractivity contribution is -0.136. The Morgan fingerprint density at radius 3 is 3.00 bits per heavy atom. The van der Waals surface area contributed by atoms with Crippen molar-refractivity contribution in [2.24, 2.45) is 0 Å². The molecule has 0 saturated heterocycles. The number of nitrogens with zero attached hydrogens (tertiary/aromatic N) is 1. The molecule has 2 aromatic heterocycles. The van der Waals surface area contributed by atoms with Crippen molar-refractivity contribution >= 4 is 28.9 Å². The predicted octanol–water partition coefficient (Wildman–Crippen LogP) is 3.07. The zero-order valence-corrected chi connectivity index (χ0v) is 9.72. The molecule has 0 aliphatic rings. The van der Waals surface area contributed by atoms with Crippen LogP contribution in [-0.2, 0) is 11.2 Å². The lowest BCUT2D eigenvalue weighted by Gasteiger charge is -1.89. The molecule has 0 amide bonds. The normalized spacial score (nSPS) is 10.6. The van der Waals surface area contributed by atoms with Gasteiger partial charge in [-0.05, 0) is 12.1 Å². The molecule has 0 atom stereocenters. The summed E-state index contributed by atoms with van der Waals surface area (Å²) in [6.07, 6.45) is 1.90. The summed E-state index contributed by atoms with van der Waals surface area (Å²) in [5, 5.41) is 8.53. The molecule has 84 valence electrons. The lowest BCUT2D eigenvalue weighted by atomic mass is 10.2. The molecule has 2 heterocycles. The lowest BCUT2D eigenvalue weighted by Crippen LogP contribution is -1.97. The van der Waals surface area contributed by atoms with Crippen LogP contribution < -0.4 is 0 Å². The van der Waals surface area contributed by atoms with Gasteiger partial charge >= 0.3 is 5.97 Å². The minimum Gasteiger partial charge on any atom is -0.481 e. The Morgan fingerprint density at radius 1 is 1.56 bits per heavy atom. The Kier molecular flexibility index (Phi) is 3.26. The van der Waals surface area contributed by atoms with E-state index in [1.54, 1.807) is 6.07 Å². The maximum atomic E-state index is 10.4. The van der Waals surface area contributed by atoms with Crippen molar-refractivity contribution in [3.05, 3.63) is 28.4 Å². The zero-order chi connectivity index (χ0) is 11.5. The third-order valence-corrected chi connectivity index (χ3v) is 3.15. The fourth-order valence-electron chi connectivity index (χ4n) is 1.20. The highest BCUT2D eigenvalue weighted by Crippen LogP contribution is 2.30. The number of rotatable bonds is 4. The second kappa shape index (κ2) is 4.67. The molecule has 0 radical (unpaired) electrons. The van der Waals surface area contributed by atoms with Crippen molar-refractivity contribution in [3.63, 3.8) is 0 Å². The van der Waals surface area contributed by atoms with Crippen molar-refractivity contribution in [1.82, 2.24) is 4.98 Å². The molecule has 0 spiro atoms. The molecule has 2 rings (SSSR count). The molecular formula is C10H8ClNO3S. The number of hydrogen-bond acceptors (Lipinski definition) is 4. The van der Waals surface area contributed by atoms with E-state index in [0.29, 0.717) is 22.3 Å². The molecule has 0 aliphatic heterocycles.